The molecule has 0 aliphatic rings. The maximum atomic E-state index is 5.50. The van der Waals surface area contributed by atoms with Gasteiger partial charge >= 0.3 is 0 Å². The number of nitrogens with zero attached hydrogens (tertiary/aromatic N) is 1. The molecule has 2 rings (SSSR count). The predicted molar refractivity (Wildman–Crippen MR) is 86.2 cm³/mol. The Bertz CT molecular complexity index is 560. The van der Waals surface area contributed by atoms with E-state index in [0.29, 0.717) is 0 Å². The van der Waals surface area contributed by atoms with Gasteiger partial charge in [-0.15, -0.1) is 0 Å². The zero-order chi connectivity index (χ0) is 13.7. The van der Waals surface area contributed by atoms with E-state index in [2.05, 4.69) is 23.6 Å². The zero-order valence-electron chi connectivity index (χ0n) is 11.0. The molecule has 0 N–H and O–H groups in total. The highest BCUT2D eigenvalue weighted by Gasteiger charge is 2.08. The first-order chi connectivity index (χ1) is 9.18. The molecular weight excluding hydrogens is 250 g/mol. The van der Waals surface area contributed by atoms with Crippen molar-refractivity contribution in [1.29, 1.82) is 0 Å². The Labute approximate surface area is 120 Å². The summed E-state index contributed by atoms with van der Waals surface area (Å²) in [5.74, 6) is 0. The molecule has 2 aromatic rings. The summed E-state index contributed by atoms with van der Waals surface area (Å²) >= 11 is 5.50. The third-order valence-corrected chi connectivity index (χ3v) is 3.52. The largest absolute Gasteiger partial charge is 0.361 e. The molecule has 0 unspecified atom stereocenters. The van der Waals surface area contributed by atoms with Gasteiger partial charge in [0.2, 0.25) is 0 Å². The Morgan fingerprint density at radius 3 is 1.95 bits per heavy atom. The van der Waals surface area contributed by atoms with E-state index in [4.69, 9.17) is 12.2 Å². The number of benzene rings is 2. The summed E-state index contributed by atoms with van der Waals surface area (Å²) in [4.78, 5) is 2.90. The average Bonchev–Trinajstić information content (AvgIpc) is 2.48. The highest BCUT2D eigenvalue weighted by atomic mass is 32.1. The number of rotatable bonds is 4. The lowest BCUT2D eigenvalue weighted by Crippen LogP contribution is -2.27. The zero-order valence-corrected chi connectivity index (χ0v) is 11.9. The Morgan fingerprint density at radius 1 is 0.947 bits per heavy atom. The fourth-order valence-corrected chi connectivity index (χ4v) is 2.12. The van der Waals surface area contributed by atoms with Crippen LogP contribution in [0.4, 0.5) is 0 Å². The van der Waals surface area contributed by atoms with E-state index >= 15 is 0 Å². The molecule has 0 aliphatic carbocycles. The molecular formula is C17H17NS. The van der Waals surface area contributed by atoms with Crippen molar-refractivity contribution in [3.8, 4) is 0 Å². The number of hydrogen-bond acceptors (Lipinski definition) is 1. The van der Waals surface area contributed by atoms with Crippen molar-refractivity contribution >= 4 is 22.8 Å². The fourth-order valence-electron chi connectivity index (χ4n) is 1.92. The molecule has 0 spiro atoms. The van der Waals surface area contributed by atoms with E-state index in [0.717, 1.165) is 28.2 Å². The lowest BCUT2D eigenvalue weighted by molar-refractivity contribution is 0.584. The van der Waals surface area contributed by atoms with Crippen molar-refractivity contribution in [1.82, 2.24) is 4.90 Å². The SMILES string of the molecule is C=C(CN(C)C(=S)c1ccccc1)c1ccccc1. The molecule has 19 heavy (non-hydrogen) atoms. The fraction of sp³-hybridized carbons (Fsp3) is 0.118. The van der Waals surface area contributed by atoms with Gasteiger partial charge in [-0.25, -0.2) is 0 Å². The van der Waals surface area contributed by atoms with Gasteiger partial charge in [0, 0.05) is 19.2 Å². The summed E-state index contributed by atoms with van der Waals surface area (Å²) in [6.07, 6.45) is 0. The highest BCUT2D eigenvalue weighted by Crippen LogP contribution is 2.14. The van der Waals surface area contributed by atoms with Crippen LogP contribution < -0.4 is 0 Å². The van der Waals surface area contributed by atoms with Crippen molar-refractivity contribution < 1.29 is 0 Å². The average molecular weight is 267 g/mol. The Balaban J connectivity index is 2.04. The van der Waals surface area contributed by atoms with Crippen molar-refractivity contribution in [2.24, 2.45) is 0 Å². The second-order valence-electron chi connectivity index (χ2n) is 4.50. The van der Waals surface area contributed by atoms with Crippen molar-refractivity contribution in [2.45, 2.75) is 0 Å². The van der Waals surface area contributed by atoms with Crippen LogP contribution in [0.1, 0.15) is 11.1 Å². The minimum atomic E-state index is 0.734. The number of likely N-dealkylation sites (N-methyl/N-ethyl adjacent to an activating group) is 1. The molecule has 96 valence electrons. The van der Waals surface area contributed by atoms with E-state index in [9.17, 15) is 0 Å². The molecule has 0 amide bonds. The Kier molecular flexibility index (Phi) is 4.48. The maximum absolute atomic E-state index is 5.50. The van der Waals surface area contributed by atoms with Crippen LogP contribution in [0.2, 0.25) is 0 Å². The molecule has 0 saturated carbocycles. The normalized spacial score (nSPS) is 9.95. The van der Waals surface area contributed by atoms with Crippen LogP contribution in [0.3, 0.4) is 0 Å². The van der Waals surface area contributed by atoms with Crippen molar-refractivity contribution in [3.63, 3.8) is 0 Å². The van der Waals surface area contributed by atoms with Gasteiger partial charge in [-0.3, -0.25) is 0 Å². The number of thiocarbonyl (C=S) groups is 1. The molecule has 0 bridgehead atoms. The molecule has 0 atom stereocenters. The molecule has 0 fully saturated rings. The van der Waals surface area contributed by atoms with Gasteiger partial charge in [0.25, 0.3) is 0 Å². The van der Waals surface area contributed by atoms with Crippen LogP contribution in [0.5, 0.6) is 0 Å². The highest BCUT2D eigenvalue weighted by molar-refractivity contribution is 7.80. The van der Waals surface area contributed by atoms with Crippen LogP contribution in [-0.4, -0.2) is 23.5 Å². The molecule has 0 aromatic heterocycles. The van der Waals surface area contributed by atoms with Gasteiger partial charge in [0.05, 0.1) is 0 Å². The summed E-state index contributed by atoms with van der Waals surface area (Å²) in [5, 5.41) is 0. The van der Waals surface area contributed by atoms with Crippen LogP contribution in [-0.2, 0) is 0 Å². The van der Waals surface area contributed by atoms with Gasteiger partial charge in [-0.1, -0.05) is 79.5 Å². The molecule has 0 heterocycles. The smallest absolute Gasteiger partial charge is 0.109 e. The van der Waals surface area contributed by atoms with E-state index < -0.39 is 0 Å². The summed E-state index contributed by atoms with van der Waals surface area (Å²) in [5.41, 5.74) is 3.30. The first-order valence-electron chi connectivity index (χ1n) is 6.22. The van der Waals surface area contributed by atoms with E-state index in [1.807, 2.05) is 55.6 Å². The van der Waals surface area contributed by atoms with Gasteiger partial charge in [-0.2, -0.15) is 0 Å². The summed E-state index contributed by atoms with van der Waals surface area (Å²) in [7, 11) is 2.00. The number of hydrogen-bond donors (Lipinski definition) is 0. The molecule has 0 radical (unpaired) electrons. The third-order valence-electron chi connectivity index (χ3n) is 2.98. The quantitative estimate of drug-likeness (QED) is 0.770. The lowest BCUT2D eigenvalue weighted by atomic mass is 10.1. The summed E-state index contributed by atoms with van der Waals surface area (Å²) < 4.78 is 0. The van der Waals surface area contributed by atoms with Crippen LogP contribution in [0.25, 0.3) is 5.57 Å². The Hall–Kier alpha value is -1.93. The van der Waals surface area contributed by atoms with Gasteiger partial charge in [-0.05, 0) is 11.1 Å². The van der Waals surface area contributed by atoms with Gasteiger partial charge in [0.15, 0.2) is 0 Å². The lowest BCUT2D eigenvalue weighted by Gasteiger charge is -2.21. The van der Waals surface area contributed by atoms with Crippen LogP contribution in [0.15, 0.2) is 67.2 Å². The van der Waals surface area contributed by atoms with E-state index in [-0.39, 0.29) is 0 Å². The second kappa shape index (κ2) is 6.30. The van der Waals surface area contributed by atoms with Crippen LogP contribution >= 0.6 is 12.2 Å². The third kappa shape index (κ3) is 3.52. The molecule has 1 nitrogen and oxygen atoms in total. The van der Waals surface area contributed by atoms with Crippen molar-refractivity contribution in [3.05, 3.63) is 78.4 Å². The van der Waals surface area contributed by atoms with Crippen molar-refractivity contribution in [2.75, 3.05) is 13.6 Å². The predicted octanol–water partition coefficient (Wildman–Crippen LogP) is 4.01. The minimum absolute atomic E-state index is 0.734. The summed E-state index contributed by atoms with van der Waals surface area (Å²) in [6, 6.07) is 20.3. The first-order valence-corrected chi connectivity index (χ1v) is 6.63. The molecule has 2 heteroatoms. The summed E-state index contributed by atoms with van der Waals surface area (Å²) in [6.45, 7) is 4.87. The van der Waals surface area contributed by atoms with E-state index in [1.54, 1.807) is 0 Å². The monoisotopic (exact) mass is 267 g/mol. The standard InChI is InChI=1S/C17H17NS/c1-14(15-9-5-3-6-10-15)13-18(2)17(19)16-11-7-4-8-12-16/h3-12H,1,13H2,2H3. The molecule has 0 aliphatic heterocycles. The Morgan fingerprint density at radius 2 is 1.42 bits per heavy atom. The minimum Gasteiger partial charge on any atom is -0.361 e. The van der Waals surface area contributed by atoms with E-state index in [1.165, 1.54) is 0 Å². The van der Waals surface area contributed by atoms with Gasteiger partial charge in [0.1, 0.15) is 4.99 Å². The maximum Gasteiger partial charge on any atom is 0.109 e. The van der Waals surface area contributed by atoms with Crippen LogP contribution in [0, 0.1) is 0 Å². The molecule has 0 saturated heterocycles. The topological polar surface area (TPSA) is 3.24 Å². The second-order valence-corrected chi connectivity index (χ2v) is 4.88. The first kappa shape index (κ1) is 13.5. The molecule has 2 aromatic carbocycles. The van der Waals surface area contributed by atoms with Gasteiger partial charge < -0.3 is 4.90 Å².